The van der Waals surface area contributed by atoms with E-state index in [1.54, 1.807) is 19.1 Å². The number of nitrogens with zero attached hydrogens (tertiary/aromatic N) is 3. The van der Waals surface area contributed by atoms with Crippen molar-refractivity contribution >= 4 is 11.6 Å². The van der Waals surface area contributed by atoms with Gasteiger partial charge in [0.15, 0.2) is 6.61 Å². The second-order valence-electron chi connectivity index (χ2n) is 7.01. The molecule has 0 saturated heterocycles. The van der Waals surface area contributed by atoms with Crippen LogP contribution in [0.2, 0.25) is 0 Å². The molecule has 0 fully saturated rings. The molecule has 1 aromatic carbocycles. The fourth-order valence-electron chi connectivity index (χ4n) is 2.98. The molecule has 4 nitrogen and oxygen atoms in total. The predicted octanol–water partition coefficient (Wildman–Crippen LogP) is 6.72. The molecule has 0 radical (unpaired) electrons. The summed E-state index contributed by atoms with van der Waals surface area (Å²) in [5.41, 5.74) is 0.277. The van der Waals surface area contributed by atoms with Crippen LogP contribution in [0.25, 0.3) is 0 Å². The van der Waals surface area contributed by atoms with E-state index >= 15 is 0 Å². The molecule has 172 valence electrons. The first-order valence-electron chi connectivity index (χ1n) is 10.1. The van der Waals surface area contributed by atoms with Crippen molar-refractivity contribution in [2.45, 2.75) is 58.3 Å². The van der Waals surface area contributed by atoms with E-state index in [1.807, 2.05) is 12.1 Å². The van der Waals surface area contributed by atoms with Gasteiger partial charge in [0.25, 0.3) is 0 Å². The van der Waals surface area contributed by atoms with E-state index < -0.39 is 30.4 Å². The smallest absolute Gasteiger partial charge is 0.423 e. The average Bonchev–Trinajstić information content (AvgIpc) is 2.70. The summed E-state index contributed by atoms with van der Waals surface area (Å²) in [6.45, 7) is 2.28. The van der Waals surface area contributed by atoms with Gasteiger partial charge in [0.1, 0.15) is 5.56 Å². The topological polar surface area (TPSA) is 38.2 Å². The van der Waals surface area contributed by atoms with Gasteiger partial charge in [-0.2, -0.15) is 31.3 Å². The molecule has 0 aliphatic heterocycles. The standard InChI is InChI=1S/C21H25F6N3O/c1-3-5-6-7-8-15-9-11-16(12-10-15)30(4-2)19-28-13-17(21(25,26)27)18(29-19)31-14-20(22,23)24/h9-13H,3-8,14H2,1-2H3. The highest BCUT2D eigenvalue weighted by molar-refractivity contribution is 5.58. The summed E-state index contributed by atoms with van der Waals surface area (Å²) in [5.74, 6) is -1.33. The fraction of sp³-hybridized carbons (Fsp3) is 0.524. The number of rotatable bonds is 10. The second-order valence-corrected chi connectivity index (χ2v) is 7.01. The van der Waals surface area contributed by atoms with Gasteiger partial charge < -0.3 is 9.64 Å². The number of aryl methyl sites for hydroxylation is 1. The molecule has 0 bridgehead atoms. The van der Waals surface area contributed by atoms with Crippen molar-refractivity contribution < 1.29 is 31.1 Å². The lowest BCUT2D eigenvalue weighted by Crippen LogP contribution is -2.24. The number of hydrogen-bond acceptors (Lipinski definition) is 4. The number of ether oxygens (including phenoxy) is 1. The highest BCUT2D eigenvalue weighted by Gasteiger charge is 2.38. The maximum Gasteiger partial charge on any atom is 0.423 e. The molecule has 31 heavy (non-hydrogen) atoms. The lowest BCUT2D eigenvalue weighted by atomic mass is 10.1. The normalized spacial score (nSPS) is 12.1. The second kappa shape index (κ2) is 10.7. The Labute approximate surface area is 177 Å². The summed E-state index contributed by atoms with van der Waals surface area (Å²) in [4.78, 5) is 8.88. The zero-order valence-corrected chi connectivity index (χ0v) is 17.4. The lowest BCUT2D eigenvalue weighted by molar-refractivity contribution is -0.159. The summed E-state index contributed by atoms with van der Waals surface area (Å²) < 4.78 is 81.2. The molecule has 1 aromatic heterocycles. The van der Waals surface area contributed by atoms with Crippen LogP contribution in [0.1, 0.15) is 50.7 Å². The quantitative estimate of drug-likeness (QED) is 0.298. The van der Waals surface area contributed by atoms with Crippen molar-refractivity contribution in [1.82, 2.24) is 9.97 Å². The first-order chi connectivity index (χ1) is 14.5. The summed E-state index contributed by atoms with van der Waals surface area (Å²) >= 11 is 0. The van der Waals surface area contributed by atoms with Gasteiger partial charge in [0.05, 0.1) is 0 Å². The van der Waals surface area contributed by atoms with Crippen molar-refractivity contribution in [2.75, 3.05) is 18.1 Å². The lowest BCUT2D eigenvalue weighted by Gasteiger charge is -2.23. The maximum atomic E-state index is 13.1. The van der Waals surface area contributed by atoms with Gasteiger partial charge in [0.2, 0.25) is 11.8 Å². The van der Waals surface area contributed by atoms with E-state index in [2.05, 4.69) is 21.6 Å². The Bertz CT molecular complexity index is 821. The van der Waals surface area contributed by atoms with Crippen LogP contribution in [-0.4, -0.2) is 29.3 Å². The van der Waals surface area contributed by atoms with Gasteiger partial charge in [-0.1, -0.05) is 38.3 Å². The summed E-state index contributed by atoms with van der Waals surface area (Å²) in [7, 11) is 0. The van der Waals surface area contributed by atoms with Gasteiger partial charge in [-0.3, -0.25) is 0 Å². The van der Waals surface area contributed by atoms with Gasteiger partial charge in [0, 0.05) is 18.4 Å². The Morgan fingerprint density at radius 2 is 1.61 bits per heavy atom. The Morgan fingerprint density at radius 1 is 0.935 bits per heavy atom. The molecule has 10 heteroatoms. The molecule has 0 amide bonds. The molecule has 0 aliphatic rings. The van der Waals surface area contributed by atoms with Gasteiger partial charge in [-0.25, -0.2) is 4.98 Å². The first kappa shape index (κ1) is 24.7. The summed E-state index contributed by atoms with van der Waals surface area (Å²) in [6, 6.07) is 7.40. The monoisotopic (exact) mass is 449 g/mol. The molecule has 0 aliphatic carbocycles. The number of unbranched alkanes of at least 4 members (excludes halogenated alkanes) is 3. The summed E-state index contributed by atoms with van der Waals surface area (Å²) in [5, 5.41) is 0. The SMILES string of the molecule is CCCCCCc1ccc(N(CC)c2ncc(C(F)(F)F)c(OCC(F)(F)F)n2)cc1. The van der Waals surface area contributed by atoms with Gasteiger partial charge in [-0.05, 0) is 37.5 Å². The largest absolute Gasteiger partial charge is 0.467 e. The number of halogens is 6. The predicted molar refractivity (Wildman–Crippen MR) is 106 cm³/mol. The van der Waals surface area contributed by atoms with Crippen LogP contribution in [0.5, 0.6) is 5.88 Å². The molecule has 0 atom stereocenters. The van der Waals surface area contributed by atoms with Crippen molar-refractivity contribution in [2.24, 2.45) is 0 Å². The first-order valence-corrected chi connectivity index (χ1v) is 10.1. The Balaban J connectivity index is 2.25. The molecule has 1 heterocycles. The number of aromatic nitrogens is 2. The minimum absolute atomic E-state index is 0.177. The van der Waals surface area contributed by atoms with Gasteiger partial charge >= 0.3 is 12.4 Å². The van der Waals surface area contributed by atoms with Crippen LogP contribution in [0.15, 0.2) is 30.5 Å². The van der Waals surface area contributed by atoms with Crippen molar-refractivity contribution in [3.8, 4) is 5.88 Å². The van der Waals surface area contributed by atoms with Crippen molar-refractivity contribution in [3.05, 3.63) is 41.6 Å². The molecule has 0 N–H and O–H groups in total. The van der Waals surface area contributed by atoms with Crippen LogP contribution < -0.4 is 9.64 Å². The van der Waals surface area contributed by atoms with Crippen LogP contribution in [0.3, 0.4) is 0 Å². The van der Waals surface area contributed by atoms with Gasteiger partial charge in [-0.15, -0.1) is 0 Å². The van der Waals surface area contributed by atoms with Crippen molar-refractivity contribution in [1.29, 1.82) is 0 Å². The zero-order chi connectivity index (χ0) is 23.1. The minimum atomic E-state index is -4.95. The Kier molecular flexibility index (Phi) is 8.52. The number of anilines is 2. The van der Waals surface area contributed by atoms with Crippen LogP contribution >= 0.6 is 0 Å². The summed E-state index contributed by atoms with van der Waals surface area (Å²) in [6.07, 6.45) is -3.87. The molecule has 2 rings (SSSR count). The third-order valence-corrected chi connectivity index (χ3v) is 4.54. The van der Waals surface area contributed by atoms with E-state index in [0.29, 0.717) is 18.4 Å². The number of hydrogen-bond donors (Lipinski definition) is 0. The van der Waals surface area contributed by atoms with Crippen LogP contribution in [0, 0.1) is 0 Å². The average molecular weight is 449 g/mol. The molecule has 2 aromatic rings. The maximum absolute atomic E-state index is 13.1. The molecule has 0 unspecified atom stereocenters. The third-order valence-electron chi connectivity index (χ3n) is 4.54. The van der Waals surface area contributed by atoms with Crippen molar-refractivity contribution in [3.63, 3.8) is 0 Å². The Hall–Kier alpha value is -2.52. The fourth-order valence-corrected chi connectivity index (χ4v) is 2.98. The van der Waals surface area contributed by atoms with E-state index in [9.17, 15) is 26.3 Å². The number of alkyl halides is 6. The van der Waals surface area contributed by atoms with E-state index in [0.717, 1.165) is 31.2 Å². The zero-order valence-electron chi connectivity index (χ0n) is 17.4. The molecule has 0 spiro atoms. The highest BCUT2D eigenvalue weighted by atomic mass is 19.4. The van der Waals surface area contributed by atoms with E-state index in [1.165, 1.54) is 11.3 Å². The number of benzene rings is 1. The van der Waals surface area contributed by atoms with Crippen LogP contribution in [-0.2, 0) is 12.6 Å². The van der Waals surface area contributed by atoms with E-state index in [-0.39, 0.29) is 5.95 Å². The van der Waals surface area contributed by atoms with E-state index in [4.69, 9.17) is 0 Å². The molecular formula is C21H25F6N3O. The third kappa shape index (κ3) is 7.59. The minimum Gasteiger partial charge on any atom is -0.467 e. The molecule has 0 saturated carbocycles. The Morgan fingerprint density at radius 3 is 2.16 bits per heavy atom. The van der Waals surface area contributed by atoms with Crippen LogP contribution in [0.4, 0.5) is 38.0 Å². The molecular weight excluding hydrogens is 424 g/mol. The highest BCUT2D eigenvalue weighted by Crippen LogP contribution is 2.36.